The Kier molecular flexibility index (Phi) is 6.59. The van der Waals surface area contributed by atoms with Gasteiger partial charge in [0.15, 0.2) is 0 Å². The monoisotopic (exact) mass is 467 g/mol. The van der Waals surface area contributed by atoms with E-state index in [0.29, 0.717) is 38.9 Å². The highest BCUT2D eigenvalue weighted by Crippen LogP contribution is 2.30. The van der Waals surface area contributed by atoms with Crippen LogP contribution in [-0.4, -0.2) is 32.7 Å². The minimum absolute atomic E-state index is 0.00294. The van der Waals surface area contributed by atoms with Gasteiger partial charge in [-0.15, -0.1) is 0 Å². The van der Waals surface area contributed by atoms with Crippen LogP contribution in [0.4, 0.5) is 11.6 Å². The molecule has 3 heterocycles. The highest BCUT2D eigenvalue weighted by Gasteiger charge is 2.28. The molecule has 7 nitrogen and oxygen atoms in total. The molecule has 5 rings (SSSR count). The Hall–Kier alpha value is -3.97. The van der Waals surface area contributed by atoms with E-state index >= 15 is 0 Å². The number of ether oxygens (including phenoxy) is 1. The van der Waals surface area contributed by atoms with Crippen LogP contribution in [0.5, 0.6) is 5.75 Å². The van der Waals surface area contributed by atoms with Crippen molar-refractivity contribution in [2.75, 3.05) is 18.2 Å². The highest BCUT2D eigenvalue weighted by molar-refractivity contribution is 5.59. The van der Waals surface area contributed by atoms with E-state index < -0.39 is 0 Å². The molecule has 7 heteroatoms. The maximum atomic E-state index is 13.8. The summed E-state index contributed by atoms with van der Waals surface area (Å²) in [7, 11) is 0. The number of fused-ring (bicyclic) bond motifs is 1. The number of anilines is 2. The molecule has 0 bridgehead atoms. The van der Waals surface area contributed by atoms with Crippen molar-refractivity contribution in [1.29, 1.82) is 0 Å². The summed E-state index contributed by atoms with van der Waals surface area (Å²) in [6.07, 6.45) is 4.20. The molecule has 1 aliphatic heterocycles. The molecular formula is C28H29N5O2. The number of aryl methyl sites for hydroxylation is 1. The molecule has 1 aliphatic rings. The minimum atomic E-state index is 0.00294. The quantitative estimate of drug-likeness (QED) is 0.399. The minimum Gasteiger partial charge on any atom is -0.494 e. The molecular weight excluding hydrogens is 438 g/mol. The zero-order valence-corrected chi connectivity index (χ0v) is 20.1. The third kappa shape index (κ3) is 4.95. The van der Waals surface area contributed by atoms with Crippen molar-refractivity contribution in [2.45, 2.75) is 33.5 Å². The van der Waals surface area contributed by atoms with Gasteiger partial charge in [0.05, 0.1) is 25.6 Å². The van der Waals surface area contributed by atoms with Crippen molar-refractivity contribution in [1.82, 2.24) is 19.4 Å². The van der Waals surface area contributed by atoms with Crippen LogP contribution < -0.4 is 15.2 Å². The van der Waals surface area contributed by atoms with E-state index in [4.69, 9.17) is 9.72 Å². The summed E-state index contributed by atoms with van der Waals surface area (Å²) < 4.78 is 7.41. The Balaban J connectivity index is 1.55. The fourth-order valence-corrected chi connectivity index (χ4v) is 4.47. The van der Waals surface area contributed by atoms with Crippen LogP contribution in [0.1, 0.15) is 29.3 Å². The van der Waals surface area contributed by atoms with E-state index in [1.54, 1.807) is 10.8 Å². The molecule has 4 aromatic rings. The van der Waals surface area contributed by atoms with Gasteiger partial charge in [-0.3, -0.25) is 24.1 Å². The Bertz CT molecular complexity index is 1340. The van der Waals surface area contributed by atoms with Gasteiger partial charge in [-0.25, -0.2) is 4.98 Å². The third-order valence-electron chi connectivity index (χ3n) is 6.19. The number of hydrogen-bond acceptors (Lipinski definition) is 6. The SMILES string of the molecule is CCOc1ccc(N2CN(Cc3cccnc3)Cn3c2nc(C)c(Cc2ccccc2)c3=O)cc1. The first-order valence-corrected chi connectivity index (χ1v) is 11.9. The Morgan fingerprint density at radius 1 is 0.943 bits per heavy atom. The molecule has 0 aliphatic carbocycles. The molecule has 0 unspecified atom stereocenters. The second kappa shape index (κ2) is 10.1. The number of rotatable bonds is 7. The van der Waals surface area contributed by atoms with Crippen molar-refractivity contribution < 1.29 is 4.74 Å². The van der Waals surface area contributed by atoms with Crippen LogP contribution in [0.25, 0.3) is 0 Å². The molecule has 0 atom stereocenters. The smallest absolute Gasteiger partial charge is 0.259 e. The summed E-state index contributed by atoms with van der Waals surface area (Å²) in [6.45, 7) is 6.26. The topological polar surface area (TPSA) is 63.5 Å². The lowest BCUT2D eigenvalue weighted by Crippen LogP contribution is -2.47. The van der Waals surface area contributed by atoms with Gasteiger partial charge in [0.1, 0.15) is 5.75 Å². The second-order valence-corrected chi connectivity index (χ2v) is 8.70. The van der Waals surface area contributed by atoms with Crippen LogP contribution in [-0.2, 0) is 19.6 Å². The van der Waals surface area contributed by atoms with E-state index in [2.05, 4.69) is 20.9 Å². The van der Waals surface area contributed by atoms with E-state index in [-0.39, 0.29) is 5.56 Å². The van der Waals surface area contributed by atoms with Gasteiger partial charge in [-0.2, -0.15) is 0 Å². The summed E-state index contributed by atoms with van der Waals surface area (Å²) in [5, 5.41) is 0. The van der Waals surface area contributed by atoms with Crippen LogP contribution in [0.3, 0.4) is 0 Å². The van der Waals surface area contributed by atoms with Crippen LogP contribution in [0.15, 0.2) is 83.9 Å². The standard InChI is InChI=1S/C28H29N5O2/c1-3-35-25-13-11-24(12-14-25)32-19-31(18-23-10-7-15-29-17-23)20-33-27(34)26(21(2)30-28(32)33)16-22-8-5-4-6-9-22/h4-15,17H,3,16,18-20H2,1-2H3. The maximum Gasteiger partial charge on any atom is 0.259 e. The Morgan fingerprint density at radius 2 is 1.71 bits per heavy atom. The third-order valence-corrected chi connectivity index (χ3v) is 6.19. The van der Waals surface area contributed by atoms with Crippen molar-refractivity contribution >= 4 is 11.6 Å². The van der Waals surface area contributed by atoms with Gasteiger partial charge in [0.2, 0.25) is 5.95 Å². The number of hydrogen-bond donors (Lipinski definition) is 0. The van der Waals surface area contributed by atoms with E-state index in [9.17, 15) is 4.79 Å². The first kappa shape index (κ1) is 22.8. The lowest BCUT2D eigenvalue weighted by Gasteiger charge is -2.38. The summed E-state index contributed by atoms with van der Waals surface area (Å²) in [6, 6.07) is 22.0. The molecule has 0 spiro atoms. The molecule has 2 aromatic carbocycles. The van der Waals surface area contributed by atoms with Gasteiger partial charge >= 0.3 is 0 Å². The molecule has 0 saturated heterocycles. The average Bonchev–Trinajstić information content (AvgIpc) is 2.89. The summed E-state index contributed by atoms with van der Waals surface area (Å²) in [5.41, 5.74) is 4.65. The predicted octanol–water partition coefficient (Wildman–Crippen LogP) is 4.51. The molecule has 35 heavy (non-hydrogen) atoms. The van der Waals surface area contributed by atoms with Gasteiger partial charge in [0, 0.05) is 36.6 Å². The lowest BCUT2D eigenvalue weighted by atomic mass is 10.1. The molecule has 0 amide bonds. The summed E-state index contributed by atoms with van der Waals surface area (Å²) in [5.74, 6) is 1.48. The fraction of sp³-hybridized carbons (Fsp3) is 0.250. The van der Waals surface area contributed by atoms with Crippen molar-refractivity contribution in [3.63, 3.8) is 0 Å². The summed E-state index contributed by atoms with van der Waals surface area (Å²) >= 11 is 0. The molecule has 0 radical (unpaired) electrons. The molecule has 0 N–H and O–H groups in total. The Morgan fingerprint density at radius 3 is 2.43 bits per heavy atom. The van der Waals surface area contributed by atoms with Gasteiger partial charge < -0.3 is 4.74 Å². The molecule has 0 fully saturated rings. The van der Waals surface area contributed by atoms with Crippen LogP contribution in [0, 0.1) is 6.92 Å². The van der Waals surface area contributed by atoms with Gasteiger partial charge in [0.25, 0.3) is 5.56 Å². The predicted molar refractivity (Wildman–Crippen MR) is 137 cm³/mol. The molecule has 0 saturated carbocycles. The lowest BCUT2D eigenvalue weighted by molar-refractivity contribution is 0.189. The Labute approximate surface area is 205 Å². The average molecular weight is 468 g/mol. The van der Waals surface area contributed by atoms with E-state index in [1.165, 1.54) is 0 Å². The van der Waals surface area contributed by atoms with Crippen molar-refractivity contribution in [2.24, 2.45) is 0 Å². The molecule has 2 aromatic heterocycles. The van der Waals surface area contributed by atoms with Crippen molar-refractivity contribution in [3.8, 4) is 5.75 Å². The fourth-order valence-electron chi connectivity index (χ4n) is 4.47. The van der Waals surface area contributed by atoms with Crippen molar-refractivity contribution in [3.05, 3.63) is 112 Å². The van der Waals surface area contributed by atoms with E-state index in [1.807, 2.05) is 80.7 Å². The van der Waals surface area contributed by atoms with Gasteiger partial charge in [-0.1, -0.05) is 36.4 Å². The summed E-state index contributed by atoms with van der Waals surface area (Å²) in [4.78, 5) is 27.3. The number of pyridine rings is 1. The normalized spacial score (nSPS) is 13.5. The largest absolute Gasteiger partial charge is 0.494 e. The zero-order valence-electron chi connectivity index (χ0n) is 20.1. The first-order valence-electron chi connectivity index (χ1n) is 11.9. The highest BCUT2D eigenvalue weighted by atomic mass is 16.5. The second-order valence-electron chi connectivity index (χ2n) is 8.70. The van der Waals surface area contributed by atoms with Crippen LogP contribution in [0.2, 0.25) is 0 Å². The maximum absolute atomic E-state index is 13.8. The zero-order chi connectivity index (χ0) is 24.2. The van der Waals surface area contributed by atoms with Crippen LogP contribution >= 0.6 is 0 Å². The number of benzene rings is 2. The molecule has 178 valence electrons. The number of aromatic nitrogens is 3. The first-order chi connectivity index (χ1) is 17.1. The van der Waals surface area contributed by atoms with Gasteiger partial charge in [-0.05, 0) is 55.3 Å². The van der Waals surface area contributed by atoms with E-state index in [0.717, 1.165) is 33.8 Å². The number of nitrogens with zero attached hydrogens (tertiary/aromatic N) is 5.